The molecule has 0 N–H and O–H groups in total. The fourth-order valence-electron chi connectivity index (χ4n) is 3.39. The smallest absolute Gasteiger partial charge is 0.175 e. The summed E-state index contributed by atoms with van der Waals surface area (Å²) < 4.78 is 2.18. The maximum absolute atomic E-state index is 4.85. The standard InChI is InChI=1S/C23H18N4S2/c1-3-12-27-19-7-5-4-6-18(19)26-23(27)29-22-20-17(13-28-21(20)24-14-25-22)16-10-8-15(2)9-11-16/h3-11,13-14H,1,12H2,2H3. The number of fused-ring (bicyclic) bond motifs is 2. The summed E-state index contributed by atoms with van der Waals surface area (Å²) in [5.74, 6) is 0. The molecule has 5 rings (SSSR count). The third-order valence-electron chi connectivity index (χ3n) is 4.82. The maximum atomic E-state index is 4.85. The van der Waals surface area contributed by atoms with Crippen LogP contribution in [0, 0.1) is 6.92 Å². The first-order chi connectivity index (χ1) is 14.2. The number of aromatic nitrogens is 4. The Morgan fingerprint density at radius 3 is 2.76 bits per heavy atom. The van der Waals surface area contributed by atoms with E-state index in [-0.39, 0.29) is 0 Å². The van der Waals surface area contributed by atoms with Crippen LogP contribution in [0.15, 0.2) is 83.1 Å². The first-order valence-electron chi connectivity index (χ1n) is 9.28. The van der Waals surface area contributed by atoms with E-state index in [4.69, 9.17) is 4.98 Å². The predicted molar refractivity (Wildman–Crippen MR) is 122 cm³/mol. The van der Waals surface area contributed by atoms with Crippen molar-refractivity contribution in [3.8, 4) is 11.1 Å². The molecule has 0 atom stereocenters. The van der Waals surface area contributed by atoms with Gasteiger partial charge in [-0.3, -0.25) is 0 Å². The molecular formula is C23H18N4S2. The molecule has 0 saturated carbocycles. The van der Waals surface area contributed by atoms with E-state index < -0.39 is 0 Å². The molecular weight excluding hydrogens is 396 g/mol. The zero-order chi connectivity index (χ0) is 19.8. The lowest BCUT2D eigenvalue weighted by Crippen LogP contribution is -1.97. The number of para-hydroxylation sites is 2. The molecule has 5 aromatic rings. The minimum absolute atomic E-state index is 0.700. The van der Waals surface area contributed by atoms with Crippen LogP contribution in [0.25, 0.3) is 32.4 Å². The molecule has 0 amide bonds. The molecule has 0 radical (unpaired) electrons. The van der Waals surface area contributed by atoms with E-state index in [1.54, 1.807) is 29.4 Å². The van der Waals surface area contributed by atoms with Gasteiger partial charge in [-0.1, -0.05) is 48.0 Å². The van der Waals surface area contributed by atoms with Crippen molar-refractivity contribution in [2.24, 2.45) is 0 Å². The van der Waals surface area contributed by atoms with Crippen molar-refractivity contribution in [1.29, 1.82) is 0 Å². The zero-order valence-corrected chi connectivity index (χ0v) is 17.5. The second kappa shape index (κ2) is 7.46. The number of hydrogen-bond acceptors (Lipinski definition) is 5. The van der Waals surface area contributed by atoms with Gasteiger partial charge in [-0.25, -0.2) is 15.0 Å². The van der Waals surface area contributed by atoms with Gasteiger partial charge in [0.15, 0.2) is 5.16 Å². The van der Waals surface area contributed by atoms with Gasteiger partial charge in [0.05, 0.1) is 16.4 Å². The Kier molecular flexibility index (Phi) is 4.66. The van der Waals surface area contributed by atoms with Gasteiger partial charge < -0.3 is 4.57 Å². The van der Waals surface area contributed by atoms with Gasteiger partial charge in [-0.05, 0) is 36.4 Å². The fourth-order valence-corrected chi connectivity index (χ4v) is 5.38. The molecule has 0 aliphatic rings. The zero-order valence-electron chi connectivity index (χ0n) is 15.9. The predicted octanol–water partition coefficient (Wildman–Crippen LogP) is 6.35. The second-order valence-electron chi connectivity index (χ2n) is 6.76. The van der Waals surface area contributed by atoms with Crippen LogP contribution in [-0.4, -0.2) is 19.5 Å². The molecule has 0 aliphatic carbocycles. The number of aryl methyl sites for hydroxylation is 1. The van der Waals surface area contributed by atoms with Gasteiger partial charge in [0.2, 0.25) is 0 Å². The van der Waals surface area contributed by atoms with Crippen molar-refractivity contribution < 1.29 is 0 Å². The summed E-state index contributed by atoms with van der Waals surface area (Å²) in [6, 6.07) is 16.8. The van der Waals surface area contributed by atoms with E-state index in [1.807, 2.05) is 24.3 Å². The van der Waals surface area contributed by atoms with Crippen molar-refractivity contribution in [1.82, 2.24) is 19.5 Å². The summed E-state index contributed by atoms with van der Waals surface area (Å²) in [4.78, 5) is 15.0. The van der Waals surface area contributed by atoms with Gasteiger partial charge >= 0.3 is 0 Å². The fraction of sp³-hybridized carbons (Fsp3) is 0.0870. The van der Waals surface area contributed by atoms with Crippen LogP contribution in [-0.2, 0) is 6.54 Å². The van der Waals surface area contributed by atoms with E-state index in [0.717, 1.165) is 31.4 Å². The number of imidazole rings is 1. The summed E-state index contributed by atoms with van der Waals surface area (Å²) in [5, 5.41) is 5.09. The molecule has 4 nitrogen and oxygen atoms in total. The van der Waals surface area contributed by atoms with Gasteiger partial charge in [0, 0.05) is 17.5 Å². The van der Waals surface area contributed by atoms with Crippen LogP contribution in [0.1, 0.15) is 5.56 Å². The third kappa shape index (κ3) is 3.24. The van der Waals surface area contributed by atoms with Crippen molar-refractivity contribution in [3.05, 3.63) is 78.5 Å². The first kappa shape index (κ1) is 18.1. The highest BCUT2D eigenvalue weighted by molar-refractivity contribution is 7.99. The number of rotatable bonds is 5. The highest BCUT2D eigenvalue weighted by Gasteiger charge is 2.17. The molecule has 0 bridgehead atoms. The van der Waals surface area contributed by atoms with Crippen LogP contribution < -0.4 is 0 Å². The van der Waals surface area contributed by atoms with E-state index in [2.05, 4.69) is 63.7 Å². The molecule has 142 valence electrons. The molecule has 0 fully saturated rings. The van der Waals surface area contributed by atoms with E-state index in [9.17, 15) is 0 Å². The minimum atomic E-state index is 0.700. The van der Waals surface area contributed by atoms with Crippen LogP contribution in [0.2, 0.25) is 0 Å². The quantitative estimate of drug-likeness (QED) is 0.248. The lowest BCUT2D eigenvalue weighted by atomic mass is 10.1. The lowest BCUT2D eigenvalue weighted by Gasteiger charge is -2.07. The Morgan fingerprint density at radius 2 is 1.93 bits per heavy atom. The van der Waals surface area contributed by atoms with Crippen molar-refractivity contribution in [2.75, 3.05) is 0 Å². The normalized spacial score (nSPS) is 11.3. The minimum Gasteiger partial charge on any atom is -0.315 e. The first-order valence-corrected chi connectivity index (χ1v) is 11.0. The Labute approximate surface area is 177 Å². The number of allylic oxidation sites excluding steroid dienone is 1. The highest BCUT2D eigenvalue weighted by atomic mass is 32.2. The topological polar surface area (TPSA) is 43.6 Å². The monoisotopic (exact) mass is 414 g/mol. The van der Waals surface area contributed by atoms with E-state index >= 15 is 0 Å². The number of thiophene rings is 1. The van der Waals surface area contributed by atoms with Crippen LogP contribution in [0.3, 0.4) is 0 Å². The third-order valence-corrected chi connectivity index (χ3v) is 6.70. The SMILES string of the molecule is C=CCn1c(Sc2ncnc3scc(-c4ccc(C)cc4)c23)nc2ccccc21. The van der Waals surface area contributed by atoms with Gasteiger partial charge in [0.25, 0.3) is 0 Å². The molecule has 3 heterocycles. The van der Waals surface area contributed by atoms with Crippen molar-refractivity contribution in [2.45, 2.75) is 23.7 Å². The molecule has 3 aromatic heterocycles. The number of nitrogens with zero attached hydrogens (tertiary/aromatic N) is 4. The second-order valence-corrected chi connectivity index (χ2v) is 8.57. The van der Waals surface area contributed by atoms with Gasteiger partial charge in [-0.15, -0.1) is 17.9 Å². The summed E-state index contributed by atoms with van der Waals surface area (Å²) in [5.41, 5.74) is 5.67. The molecule has 29 heavy (non-hydrogen) atoms. The molecule has 0 unspecified atom stereocenters. The van der Waals surface area contributed by atoms with E-state index in [1.165, 1.54) is 16.7 Å². The summed E-state index contributed by atoms with van der Waals surface area (Å²) in [6.07, 6.45) is 3.54. The molecule has 0 saturated heterocycles. The Balaban J connectivity index is 1.66. The van der Waals surface area contributed by atoms with Crippen LogP contribution in [0.4, 0.5) is 0 Å². The summed E-state index contributed by atoms with van der Waals surface area (Å²) in [7, 11) is 0. The average molecular weight is 415 g/mol. The van der Waals surface area contributed by atoms with Crippen LogP contribution >= 0.6 is 23.1 Å². The molecule has 0 spiro atoms. The maximum Gasteiger partial charge on any atom is 0.175 e. The Morgan fingerprint density at radius 1 is 1.10 bits per heavy atom. The van der Waals surface area contributed by atoms with Crippen molar-refractivity contribution in [3.63, 3.8) is 0 Å². The van der Waals surface area contributed by atoms with Crippen LogP contribution in [0.5, 0.6) is 0 Å². The molecule has 6 heteroatoms. The molecule has 2 aromatic carbocycles. The Hall–Kier alpha value is -2.96. The average Bonchev–Trinajstić information content (AvgIpc) is 3.32. The summed E-state index contributed by atoms with van der Waals surface area (Å²) in [6.45, 7) is 6.71. The van der Waals surface area contributed by atoms with Gasteiger partial charge in [-0.2, -0.15) is 0 Å². The Bertz CT molecular complexity index is 1330. The lowest BCUT2D eigenvalue weighted by molar-refractivity contribution is 0.748. The number of benzene rings is 2. The van der Waals surface area contributed by atoms with Gasteiger partial charge in [0.1, 0.15) is 16.2 Å². The number of hydrogen-bond donors (Lipinski definition) is 0. The summed E-state index contributed by atoms with van der Waals surface area (Å²) >= 11 is 3.23. The molecule has 0 aliphatic heterocycles. The van der Waals surface area contributed by atoms with E-state index in [0.29, 0.717) is 6.54 Å². The highest BCUT2D eigenvalue weighted by Crippen LogP contribution is 2.40. The van der Waals surface area contributed by atoms with Crippen molar-refractivity contribution >= 4 is 44.3 Å². The largest absolute Gasteiger partial charge is 0.315 e.